The predicted molar refractivity (Wildman–Crippen MR) is 81.7 cm³/mol. The van der Waals surface area contributed by atoms with Crippen LogP contribution in [-0.2, 0) is 11.0 Å². The third kappa shape index (κ3) is 4.03. The standard InChI is InChI=1S/C15H17F3N4O2/c1-8-4-9(2)22(21-8)10(3)5-13(23)20-12-6-11(15(16,17)18)7-19-14(12)24/h4,6-7,10H,5H2,1-3H3,(H,19,24)(H,20,23)/t10-/m1/s1. The molecule has 1 atom stereocenters. The van der Waals surface area contributed by atoms with E-state index in [0.29, 0.717) is 12.3 Å². The van der Waals surface area contributed by atoms with E-state index >= 15 is 0 Å². The topological polar surface area (TPSA) is 79.8 Å². The number of alkyl halides is 3. The molecule has 0 radical (unpaired) electrons. The van der Waals surface area contributed by atoms with Crippen LogP contribution < -0.4 is 10.9 Å². The van der Waals surface area contributed by atoms with E-state index in [1.807, 2.05) is 24.9 Å². The molecule has 0 aliphatic rings. The average molecular weight is 342 g/mol. The molecule has 6 nitrogen and oxygen atoms in total. The van der Waals surface area contributed by atoms with Crippen LogP contribution >= 0.6 is 0 Å². The molecule has 2 aromatic rings. The van der Waals surface area contributed by atoms with Crippen LogP contribution in [0.4, 0.5) is 18.9 Å². The number of aryl methyl sites for hydroxylation is 2. The number of carbonyl (C=O) groups excluding carboxylic acids is 1. The number of hydrogen-bond acceptors (Lipinski definition) is 3. The van der Waals surface area contributed by atoms with E-state index in [1.165, 1.54) is 0 Å². The first kappa shape index (κ1) is 17.8. The summed E-state index contributed by atoms with van der Waals surface area (Å²) in [7, 11) is 0. The molecule has 2 N–H and O–H groups in total. The Morgan fingerprint density at radius 1 is 1.38 bits per heavy atom. The average Bonchev–Trinajstić information content (AvgIpc) is 2.79. The van der Waals surface area contributed by atoms with Crippen molar-refractivity contribution < 1.29 is 18.0 Å². The highest BCUT2D eigenvalue weighted by molar-refractivity contribution is 5.90. The van der Waals surface area contributed by atoms with Gasteiger partial charge in [0.05, 0.1) is 17.3 Å². The summed E-state index contributed by atoms with van der Waals surface area (Å²) in [5.74, 6) is -0.570. The lowest BCUT2D eigenvalue weighted by molar-refractivity contribution is -0.137. The van der Waals surface area contributed by atoms with Gasteiger partial charge in [0, 0.05) is 18.3 Å². The summed E-state index contributed by atoms with van der Waals surface area (Å²) < 4.78 is 39.7. The van der Waals surface area contributed by atoms with Gasteiger partial charge < -0.3 is 10.3 Å². The fourth-order valence-electron chi connectivity index (χ4n) is 2.39. The van der Waals surface area contributed by atoms with Crippen LogP contribution in [0.5, 0.6) is 0 Å². The van der Waals surface area contributed by atoms with Crippen molar-refractivity contribution in [3.8, 4) is 0 Å². The van der Waals surface area contributed by atoms with E-state index in [-0.39, 0.29) is 12.5 Å². The van der Waals surface area contributed by atoms with Crippen LogP contribution in [0.15, 0.2) is 23.1 Å². The summed E-state index contributed by atoms with van der Waals surface area (Å²) >= 11 is 0. The van der Waals surface area contributed by atoms with E-state index in [0.717, 1.165) is 11.4 Å². The molecule has 24 heavy (non-hydrogen) atoms. The maximum atomic E-state index is 12.7. The number of aromatic amines is 1. The second-order valence-corrected chi connectivity index (χ2v) is 5.60. The number of halogens is 3. The van der Waals surface area contributed by atoms with Crippen LogP contribution in [0.25, 0.3) is 0 Å². The first-order valence-electron chi connectivity index (χ1n) is 7.20. The lowest BCUT2D eigenvalue weighted by atomic mass is 10.2. The zero-order valence-corrected chi connectivity index (χ0v) is 13.4. The third-order valence-corrected chi connectivity index (χ3v) is 3.45. The zero-order chi connectivity index (χ0) is 18.1. The normalized spacial score (nSPS) is 12.9. The maximum absolute atomic E-state index is 12.7. The minimum Gasteiger partial charge on any atom is -0.327 e. The smallest absolute Gasteiger partial charge is 0.327 e. The lowest BCUT2D eigenvalue weighted by Gasteiger charge is -2.14. The van der Waals surface area contributed by atoms with Crippen LogP contribution in [0, 0.1) is 13.8 Å². The molecule has 130 valence electrons. The van der Waals surface area contributed by atoms with Crippen molar-refractivity contribution in [3.63, 3.8) is 0 Å². The van der Waals surface area contributed by atoms with Gasteiger partial charge in [-0.15, -0.1) is 0 Å². The lowest BCUT2D eigenvalue weighted by Crippen LogP contribution is -2.24. The Balaban J connectivity index is 2.12. The second-order valence-electron chi connectivity index (χ2n) is 5.60. The molecule has 0 unspecified atom stereocenters. The SMILES string of the molecule is Cc1cc(C)n([C@H](C)CC(=O)Nc2cc(C(F)(F)F)c[nH]c2=O)n1. The minimum absolute atomic E-state index is 0.0301. The molecule has 1 amide bonds. The number of aromatic nitrogens is 3. The van der Waals surface area contributed by atoms with Gasteiger partial charge in [-0.2, -0.15) is 18.3 Å². The van der Waals surface area contributed by atoms with E-state index in [1.54, 1.807) is 11.6 Å². The summed E-state index contributed by atoms with van der Waals surface area (Å²) in [6, 6.07) is 2.17. The number of H-pyrrole nitrogens is 1. The van der Waals surface area contributed by atoms with Crippen molar-refractivity contribution in [1.29, 1.82) is 0 Å². The molecule has 0 aliphatic carbocycles. The highest BCUT2D eigenvalue weighted by atomic mass is 19.4. The van der Waals surface area contributed by atoms with Gasteiger partial charge in [0.1, 0.15) is 5.69 Å². The number of anilines is 1. The molecule has 2 rings (SSSR count). The zero-order valence-electron chi connectivity index (χ0n) is 13.4. The molecular formula is C15H17F3N4O2. The molecule has 0 aliphatic heterocycles. The van der Waals surface area contributed by atoms with Gasteiger partial charge in [-0.05, 0) is 32.9 Å². The highest BCUT2D eigenvalue weighted by Gasteiger charge is 2.31. The van der Waals surface area contributed by atoms with Crippen molar-refractivity contribution in [2.24, 2.45) is 0 Å². The van der Waals surface area contributed by atoms with Crippen molar-refractivity contribution in [2.45, 2.75) is 39.4 Å². The van der Waals surface area contributed by atoms with E-state index in [9.17, 15) is 22.8 Å². The summed E-state index contributed by atoms with van der Waals surface area (Å²) in [5, 5.41) is 6.48. The van der Waals surface area contributed by atoms with E-state index < -0.39 is 28.9 Å². The molecule has 0 fully saturated rings. The van der Waals surface area contributed by atoms with Gasteiger partial charge in [0.15, 0.2) is 0 Å². The first-order chi connectivity index (χ1) is 11.1. The quantitative estimate of drug-likeness (QED) is 0.897. The molecule has 2 aromatic heterocycles. The van der Waals surface area contributed by atoms with Crippen LogP contribution in [0.1, 0.15) is 36.3 Å². The van der Waals surface area contributed by atoms with Crippen LogP contribution in [0.2, 0.25) is 0 Å². The number of carbonyl (C=O) groups is 1. The molecule has 0 spiro atoms. The van der Waals surface area contributed by atoms with Gasteiger partial charge in [-0.1, -0.05) is 0 Å². The first-order valence-corrected chi connectivity index (χ1v) is 7.20. The molecule has 9 heteroatoms. The Morgan fingerprint density at radius 3 is 2.58 bits per heavy atom. The summed E-state index contributed by atoms with van der Waals surface area (Å²) in [4.78, 5) is 25.6. The number of nitrogens with one attached hydrogen (secondary N) is 2. The number of hydrogen-bond donors (Lipinski definition) is 2. The van der Waals surface area contributed by atoms with Gasteiger partial charge in [0.25, 0.3) is 5.56 Å². The Labute approximate surface area is 135 Å². The van der Waals surface area contributed by atoms with Gasteiger partial charge >= 0.3 is 6.18 Å². The number of nitrogens with zero attached hydrogens (tertiary/aromatic N) is 2. The summed E-state index contributed by atoms with van der Waals surface area (Å²) in [6.07, 6.45) is -4.07. The van der Waals surface area contributed by atoms with E-state index in [2.05, 4.69) is 10.4 Å². The summed E-state index contributed by atoms with van der Waals surface area (Å²) in [6.45, 7) is 5.42. The molecule has 0 saturated carbocycles. The van der Waals surface area contributed by atoms with Crippen molar-refractivity contribution >= 4 is 11.6 Å². The molecule has 0 aromatic carbocycles. The Kier molecular flexibility index (Phi) is 4.81. The third-order valence-electron chi connectivity index (χ3n) is 3.45. The largest absolute Gasteiger partial charge is 0.417 e. The Hall–Kier alpha value is -2.58. The minimum atomic E-state index is -4.61. The van der Waals surface area contributed by atoms with E-state index in [4.69, 9.17) is 0 Å². The second kappa shape index (κ2) is 6.50. The van der Waals surface area contributed by atoms with Crippen molar-refractivity contribution in [1.82, 2.24) is 14.8 Å². The fraction of sp³-hybridized carbons (Fsp3) is 0.400. The Bertz CT molecular complexity index is 808. The molecule has 2 heterocycles. The van der Waals surface area contributed by atoms with Crippen molar-refractivity contribution in [2.75, 3.05) is 5.32 Å². The van der Waals surface area contributed by atoms with Gasteiger partial charge in [0.2, 0.25) is 5.91 Å². The predicted octanol–water partition coefficient (Wildman–Crippen LogP) is 2.80. The molecule has 0 saturated heterocycles. The van der Waals surface area contributed by atoms with Crippen LogP contribution in [-0.4, -0.2) is 20.7 Å². The van der Waals surface area contributed by atoms with Gasteiger partial charge in [-0.25, -0.2) is 0 Å². The summed E-state index contributed by atoms with van der Waals surface area (Å²) in [5.41, 5.74) is -0.603. The van der Waals surface area contributed by atoms with Crippen LogP contribution in [0.3, 0.4) is 0 Å². The van der Waals surface area contributed by atoms with Crippen molar-refractivity contribution in [3.05, 3.63) is 45.6 Å². The number of rotatable bonds is 4. The molecule has 0 bridgehead atoms. The van der Waals surface area contributed by atoms with Gasteiger partial charge in [-0.3, -0.25) is 14.3 Å². The highest BCUT2D eigenvalue weighted by Crippen LogP contribution is 2.29. The maximum Gasteiger partial charge on any atom is 0.417 e. The fourth-order valence-corrected chi connectivity index (χ4v) is 2.39. The Morgan fingerprint density at radius 2 is 2.04 bits per heavy atom. The monoisotopic (exact) mass is 342 g/mol. The number of pyridine rings is 1. The molecular weight excluding hydrogens is 325 g/mol. The number of amides is 1.